The van der Waals surface area contributed by atoms with Crippen LogP contribution in [0.1, 0.15) is 15.9 Å². The molecule has 1 aromatic rings. The average molecular weight is 225 g/mol. The quantitative estimate of drug-likeness (QED) is 0.441. The van der Waals surface area contributed by atoms with Gasteiger partial charge in [-0.25, -0.2) is 0 Å². The molecular weight excluding hydrogens is 219 g/mol. The van der Waals surface area contributed by atoms with Gasteiger partial charge in [-0.15, -0.1) is 0 Å². The van der Waals surface area contributed by atoms with E-state index in [2.05, 4.69) is 6.58 Å². The summed E-state index contributed by atoms with van der Waals surface area (Å²) in [4.78, 5) is 11.4. The zero-order chi connectivity index (χ0) is 12.3. The van der Waals surface area contributed by atoms with Gasteiger partial charge in [-0.2, -0.15) is 18.4 Å². The Hall–Kier alpha value is -2.09. The van der Waals surface area contributed by atoms with Crippen molar-refractivity contribution in [3.8, 4) is 6.07 Å². The summed E-state index contributed by atoms with van der Waals surface area (Å²) >= 11 is 0. The number of rotatable bonds is 2. The van der Waals surface area contributed by atoms with Gasteiger partial charge in [0.05, 0.1) is 11.1 Å². The maximum absolute atomic E-state index is 12.5. The lowest BCUT2D eigenvalue weighted by atomic mass is 9.99. The van der Waals surface area contributed by atoms with E-state index in [4.69, 9.17) is 5.26 Å². The molecule has 16 heavy (non-hydrogen) atoms. The van der Waals surface area contributed by atoms with Crippen LogP contribution in [0.3, 0.4) is 0 Å². The Kier molecular flexibility index (Phi) is 3.14. The first-order valence-electron chi connectivity index (χ1n) is 4.18. The smallest absolute Gasteiger partial charge is 0.288 e. The van der Waals surface area contributed by atoms with Crippen LogP contribution in [0.2, 0.25) is 0 Å². The van der Waals surface area contributed by atoms with E-state index in [-0.39, 0.29) is 0 Å². The lowest BCUT2D eigenvalue weighted by molar-refractivity contribution is -0.137. The summed E-state index contributed by atoms with van der Waals surface area (Å²) in [5.74, 6) is -1.00. The third-order valence-electron chi connectivity index (χ3n) is 1.89. The third-order valence-corrected chi connectivity index (χ3v) is 1.89. The van der Waals surface area contributed by atoms with E-state index < -0.39 is 28.7 Å². The van der Waals surface area contributed by atoms with E-state index in [1.165, 1.54) is 18.2 Å². The van der Waals surface area contributed by atoms with Gasteiger partial charge < -0.3 is 0 Å². The van der Waals surface area contributed by atoms with Gasteiger partial charge in [0.1, 0.15) is 6.07 Å². The Morgan fingerprint density at radius 2 is 1.88 bits per heavy atom. The van der Waals surface area contributed by atoms with Crippen molar-refractivity contribution in [2.75, 3.05) is 0 Å². The van der Waals surface area contributed by atoms with Crippen LogP contribution in [0.5, 0.6) is 0 Å². The number of nitriles is 1. The first kappa shape index (κ1) is 12.0. The minimum Gasteiger partial charge on any atom is -0.288 e. The number of halogens is 3. The SMILES string of the molecule is C=C(C#N)C(=O)c1ccccc1C(F)(F)F. The fourth-order valence-electron chi connectivity index (χ4n) is 1.14. The van der Waals surface area contributed by atoms with Gasteiger partial charge in [0.2, 0.25) is 5.78 Å². The molecule has 0 amide bonds. The van der Waals surface area contributed by atoms with Gasteiger partial charge in [-0.1, -0.05) is 24.8 Å². The van der Waals surface area contributed by atoms with Crippen LogP contribution in [0.25, 0.3) is 0 Å². The van der Waals surface area contributed by atoms with Crippen molar-refractivity contribution in [3.63, 3.8) is 0 Å². The highest BCUT2D eigenvalue weighted by Gasteiger charge is 2.35. The number of nitrogens with zero attached hydrogens (tertiary/aromatic N) is 1. The van der Waals surface area contributed by atoms with Crippen LogP contribution in [0, 0.1) is 11.3 Å². The second-order valence-electron chi connectivity index (χ2n) is 2.96. The second kappa shape index (κ2) is 4.19. The van der Waals surface area contributed by atoms with Crippen LogP contribution >= 0.6 is 0 Å². The predicted molar refractivity (Wildman–Crippen MR) is 50.5 cm³/mol. The number of ketones is 1. The Morgan fingerprint density at radius 1 is 1.31 bits per heavy atom. The monoisotopic (exact) mass is 225 g/mol. The fraction of sp³-hybridized carbons (Fsp3) is 0.0909. The Labute approximate surface area is 89.6 Å². The normalized spacial score (nSPS) is 10.6. The summed E-state index contributed by atoms with van der Waals surface area (Å²) in [6.45, 7) is 3.09. The molecule has 1 rings (SSSR count). The minimum absolute atomic E-state index is 0.517. The number of Topliss-reactive ketones (excluding diaryl/α,β-unsaturated/α-hetero) is 1. The molecule has 0 bridgehead atoms. The zero-order valence-corrected chi connectivity index (χ0v) is 8.01. The summed E-state index contributed by atoms with van der Waals surface area (Å²) in [5.41, 5.74) is -2.13. The molecule has 0 spiro atoms. The van der Waals surface area contributed by atoms with Gasteiger partial charge in [-0.3, -0.25) is 4.79 Å². The maximum atomic E-state index is 12.5. The van der Waals surface area contributed by atoms with E-state index in [1.54, 1.807) is 0 Å². The van der Waals surface area contributed by atoms with Crippen LogP contribution in [0.4, 0.5) is 13.2 Å². The van der Waals surface area contributed by atoms with Crippen molar-refractivity contribution in [2.45, 2.75) is 6.18 Å². The number of benzene rings is 1. The van der Waals surface area contributed by atoms with E-state index >= 15 is 0 Å². The van der Waals surface area contributed by atoms with E-state index in [0.717, 1.165) is 12.1 Å². The first-order chi connectivity index (χ1) is 7.38. The molecule has 0 N–H and O–H groups in total. The van der Waals surface area contributed by atoms with Crippen molar-refractivity contribution in [2.24, 2.45) is 0 Å². The molecule has 0 heterocycles. The number of hydrogen-bond donors (Lipinski definition) is 0. The molecular formula is C11H6F3NO. The third kappa shape index (κ3) is 2.28. The highest BCUT2D eigenvalue weighted by molar-refractivity contribution is 6.11. The van der Waals surface area contributed by atoms with Crippen molar-refractivity contribution < 1.29 is 18.0 Å². The molecule has 0 aliphatic carbocycles. The number of hydrogen-bond acceptors (Lipinski definition) is 2. The van der Waals surface area contributed by atoms with E-state index in [9.17, 15) is 18.0 Å². The average Bonchev–Trinajstić information content (AvgIpc) is 2.26. The summed E-state index contributed by atoms with van der Waals surface area (Å²) < 4.78 is 37.5. The van der Waals surface area contributed by atoms with Crippen molar-refractivity contribution >= 4 is 5.78 Å². The van der Waals surface area contributed by atoms with Crippen molar-refractivity contribution in [1.82, 2.24) is 0 Å². The number of alkyl halides is 3. The Bertz CT molecular complexity index is 483. The standard InChI is InChI=1S/C11H6F3NO/c1-7(6-15)10(16)8-4-2-3-5-9(8)11(12,13)14/h2-5H,1H2. The van der Waals surface area contributed by atoms with Crippen LogP contribution in [-0.2, 0) is 6.18 Å². The predicted octanol–water partition coefficient (Wildman–Crippen LogP) is 2.97. The highest BCUT2D eigenvalue weighted by Crippen LogP contribution is 2.32. The molecule has 5 heteroatoms. The lowest BCUT2D eigenvalue weighted by Crippen LogP contribution is -2.13. The van der Waals surface area contributed by atoms with Gasteiger partial charge in [0, 0.05) is 5.56 Å². The van der Waals surface area contributed by atoms with Gasteiger partial charge >= 0.3 is 6.18 Å². The molecule has 0 aliphatic heterocycles. The lowest BCUT2D eigenvalue weighted by Gasteiger charge is -2.10. The molecule has 82 valence electrons. The molecule has 0 saturated heterocycles. The minimum atomic E-state index is -4.62. The topological polar surface area (TPSA) is 40.9 Å². The zero-order valence-electron chi connectivity index (χ0n) is 8.01. The second-order valence-corrected chi connectivity index (χ2v) is 2.96. The fourth-order valence-corrected chi connectivity index (χ4v) is 1.14. The van der Waals surface area contributed by atoms with Crippen LogP contribution in [-0.4, -0.2) is 5.78 Å². The summed E-state index contributed by atoms with van der Waals surface area (Å²) in [6.07, 6.45) is -4.62. The molecule has 0 saturated carbocycles. The maximum Gasteiger partial charge on any atom is 0.417 e. The summed E-state index contributed by atoms with van der Waals surface area (Å²) in [6, 6.07) is 5.72. The highest BCUT2D eigenvalue weighted by atomic mass is 19.4. The number of carbonyl (C=O) groups is 1. The number of allylic oxidation sites excluding steroid dienone is 1. The van der Waals surface area contributed by atoms with Gasteiger partial charge in [0.25, 0.3) is 0 Å². The van der Waals surface area contributed by atoms with Crippen molar-refractivity contribution in [3.05, 3.63) is 47.5 Å². The summed E-state index contributed by atoms with van der Waals surface area (Å²) in [5, 5.41) is 8.41. The van der Waals surface area contributed by atoms with Gasteiger partial charge in [0.15, 0.2) is 0 Å². The molecule has 0 unspecified atom stereocenters. The largest absolute Gasteiger partial charge is 0.417 e. The van der Waals surface area contributed by atoms with E-state index in [1.807, 2.05) is 0 Å². The Balaban J connectivity index is 3.31. The van der Waals surface area contributed by atoms with Gasteiger partial charge in [-0.05, 0) is 6.07 Å². The molecule has 0 atom stereocenters. The molecule has 0 radical (unpaired) electrons. The molecule has 2 nitrogen and oxygen atoms in total. The molecule has 1 aromatic carbocycles. The van der Waals surface area contributed by atoms with Crippen LogP contribution < -0.4 is 0 Å². The Morgan fingerprint density at radius 3 is 2.38 bits per heavy atom. The molecule has 0 fully saturated rings. The van der Waals surface area contributed by atoms with Crippen LogP contribution in [0.15, 0.2) is 36.4 Å². The summed E-state index contributed by atoms with van der Waals surface area (Å²) in [7, 11) is 0. The van der Waals surface area contributed by atoms with E-state index in [0.29, 0.717) is 0 Å². The molecule has 0 aliphatic rings. The number of carbonyl (C=O) groups excluding carboxylic acids is 1. The first-order valence-corrected chi connectivity index (χ1v) is 4.18. The van der Waals surface area contributed by atoms with Crippen molar-refractivity contribution in [1.29, 1.82) is 5.26 Å². The molecule has 0 aromatic heterocycles.